The van der Waals surface area contributed by atoms with Gasteiger partial charge >= 0.3 is 0 Å². The maximum Gasteiger partial charge on any atom is 0.241 e. The number of likely N-dealkylation sites (tertiary alicyclic amines) is 1. The second-order valence-electron chi connectivity index (χ2n) is 7.75. The lowest BCUT2D eigenvalue weighted by molar-refractivity contribution is -0.124. The lowest BCUT2D eigenvalue weighted by Gasteiger charge is -2.34. The van der Waals surface area contributed by atoms with Gasteiger partial charge in [-0.05, 0) is 43.4 Å². The van der Waals surface area contributed by atoms with Gasteiger partial charge in [0, 0.05) is 31.9 Å². The Kier molecular flexibility index (Phi) is 6.41. The van der Waals surface area contributed by atoms with Crippen LogP contribution in [0.3, 0.4) is 0 Å². The third-order valence-corrected chi connectivity index (χ3v) is 8.60. The Hall–Kier alpha value is -0.820. The molecule has 27 heavy (non-hydrogen) atoms. The van der Waals surface area contributed by atoms with Crippen molar-refractivity contribution in [2.75, 3.05) is 19.3 Å². The van der Waals surface area contributed by atoms with E-state index in [1.165, 1.54) is 6.26 Å². The van der Waals surface area contributed by atoms with Crippen LogP contribution in [-0.4, -0.2) is 49.4 Å². The van der Waals surface area contributed by atoms with Crippen LogP contribution in [-0.2, 0) is 21.2 Å². The summed E-state index contributed by atoms with van der Waals surface area (Å²) in [4.78, 5) is 15.1. The molecule has 2 aliphatic rings. The van der Waals surface area contributed by atoms with Crippen molar-refractivity contribution in [1.82, 2.24) is 10.2 Å². The third-order valence-electron chi connectivity index (χ3n) is 5.85. The van der Waals surface area contributed by atoms with Crippen LogP contribution in [0.4, 0.5) is 0 Å². The second kappa shape index (κ2) is 8.27. The number of piperidine rings is 1. The average Bonchev–Trinajstić information content (AvgIpc) is 3.11. The first-order valence-corrected chi connectivity index (χ1v) is 12.0. The molecule has 0 bridgehead atoms. The number of nitrogens with zero attached hydrogens (tertiary/aromatic N) is 1. The van der Waals surface area contributed by atoms with Crippen LogP contribution in [0.5, 0.6) is 0 Å². The molecule has 1 amide bonds. The second-order valence-corrected chi connectivity index (χ2v) is 10.9. The van der Waals surface area contributed by atoms with Crippen LogP contribution >= 0.6 is 23.2 Å². The maximum atomic E-state index is 12.8. The average molecular weight is 433 g/mol. The predicted molar refractivity (Wildman–Crippen MR) is 109 cm³/mol. The van der Waals surface area contributed by atoms with Crippen LogP contribution in [0, 0.1) is 0 Å². The number of benzene rings is 1. The van der Waals surface area contributed by atoms with Crippen molar-refractivity contribution < 1.29 is 13.2 Å². The summed E-state index contributed by atoms with van der Waals surface area (Å²) in [5, 5.41) is 4.13. The first-order valence-electron chi connectivity index (χ1n) is 9.38. The van der Waals surface area contributed by atoms with E-state index in [9.17, 15) is 13.2 Å². The van der Waals surface area contributed by atoms with Gasteiger partial charge < -0.3 is 5.32 Å². The third kappa shape index (κ3) is 4.61. The molecule has 0 unspecified atom stereocenters. The van der Waals surface area contributed by atoms with Crippen LogP contribution in [0.1, 0.15) is 44.1 Å². The highest BCUT2D eigenvalue weighted by Crippen LogP contribution is 2.37. The number of nitrogens with one attached hydrogen (secondary N) is 1. The Balaban J connectivity index is 1.54. The molecule has 1 N–H and O–H groups in total. The molecule has 0 atom stereocenters. The minimum Gasteiger partial charge on any atom is -0.352 e. The molecule has 1 aliphatic heterocycles. The smallest absolute Gasteiger partial charge is 0.241 e. The van der Waals surface area contributed by atoms with Crippen molar-refractivity contribution in [3.05, 3.63) is 33.8 Å². The summed E-state index contributed by atoms with van der Waals surface area (Å²) in [6.45, 7) is 2.47. The van der Waals surface area contributed by atoms with Gasteiger partial charge in [0.1, 0.15) is 4.75 Å². The molecular weight excluding hydrogens is 407 g/mol. The molecular formula is C19H26Cl2N2O3S. The fourth-order valence-electron chi connectivity index (χ4n) is 4.16. The summed E-state index contributed by atoms with van der Waals surface area (Å²) in [6.07, 6.45) is 5.28. The summed E-state index contributed by atoms with van der Waals surface area (Å²) < 4.78 is 23.3. The highest BCUT2D eigenvalue weighted by molar-refractivity contribution is 7.92. The molecule has 0 radical (unpaired) electrons. The number of halogens is 2. The number of carbonyl (C=O) groups is 1. The van der Waals surface area contributed by atoms with Gasteiger partial charge in [-0.2, -0.15) is 0 Å². The summed E-state index contributed by atoms with van der Waals surface area (Å²) in [6, 6.07) is 5.69. The van der Waals surface area contributed by atoms with Crippen LogP contribution in [0.25, 0.3) is 0 Å². The summed E-state index contributed by atoms with van der Waals surface area (Å²) in [7, 11) is -3.42. The van der Waals surface area contributed by atoms with E-state index in [0.717, 1.165) is 50.9 Å². The zero-order valence-corrected chi connectivity index (χ0v) is 17.8. The Bertz CT molecular complexity index is 799. The molecule has 1 aromatic carbocycles. The van der Waals surface area contributed by atoms with Gasteiger partial charge in [-0.25, -0.2) is 8.42 Å². The highest BCUT2D eigenvalue weighted by Gasteiger charge is 2.50. The quantitative estimate of drug-likeness (QED) is 0.773. The standard InChI is InChI=1S/C19H26Cl2N2O3S/c1-27(25,26)19(8-2-3-9-19)18(24)22-15-6-10-23(11-7-15)13-14-4-5-16(20)17(21)12-14/h4-5,12,15H,2-3,6-11,13H2,1H3,(H,22,24). The van der Waals surface area contributed by atoms with Gasteiger partial charge in [-0.3, -0.25) is 9.69 Å². The number of carbonyl (C=O) groups excluding carboxylic acids is 1. The van der Waals surface area contributed by atoms with Crippen molar-refractivity contribution in [3.8, 4) is 0 Å². The van der Waals surface area contributed by atoms with Crippen LogP contribution < -0.4 is 5.32 Å². The number of amides is 1. The van der Waals surface area contributed by atoms with Crippen molar-refractivity contribution in [3.63, 3.8) is 0 Å². The Morgan fingerprint density at radius 2 is 1.81 bits per heavy atom. The van der Waals surface area contributed by atoms with E-state index in [2.05, 4.69) is 10.2 Å². The summed E-state index contributed by atoms with van der Waals surface area (Å²) in [5.74, 6) is -0.301. The van der Waals surface area contributed by atoms with Gasteiger partial charge in [-0.15, -0.1) is 0 Å². The maximum absolute atomic E-state index is 12.8. The van der Waals surface area contributed by atoms with E-state index in [1.807, 2.05) is 12.1 Å². The fraction of sp³-hybridized carbons (Fsp3) is 0.632. The number of sulfone groups is 1. The topological polar surface area (TPSA) is 66.5 Å². The van der Waals surface area contributed by atoms with Gasteiger partial charge in [0.2, 0.25) is 5.91 Å². The van der Waals surface area contributed by atoms with E-state index in [4.69, 9.17) is 23.2 Å². The largest absolute Gasteiger partial charge is 0.352 e. The zero-order chi connectivity index (χ0) is 19.7. The first kappa shape index (κ1) is 20.9. The van der Waals surface area contributed by atoms with Crippen molar-refractivity contribution in [2.45, 2.75) is 55.9 Å². The van der Waals surface area contributed by atoms with Gasteiger partial charge in [0.05, 0.1) is 10.0 Å². The predicted octanol–water partition coefficient (Wildman–Crippen LogP) is 3.43. The number of hydrogen-bond acceptors (Lipinski definition) is 4. The minimum atomic E-state index is -3.42. The van der Waals surface area contributed by atoms with E-state index < -0.39 is 14.6 Å². The molecule has 3 rings (SSSR count). The molecule has 1 heterocycles. The van der Waals surface area contributed by atoms with E-state index in [0.29, 0.717) is 22.9 Å². The summed E-state index contributed by atoms with van der Waals surface area (Å²) >= 11 is 12.0. The Morgan fingerprint density at radius 1 is 1.19 bits per heavy atom. The molecule has 0 aromatic heterocycles. The van der Waals surface area contributed by atoms with Crippen molar-refractivity contribution in [2.24, 2.45) is 0 Å². The first-order chi connectivity index (χ1) is 12.7. The molecule has 150 valence electrons. The fourth-order valence-corrected chi connectivity index (χ4v) is 5.91. The van der Waals surface area contributed by atoms with Crippen molar-refractivity contribution in [1.29, 1.82) is 0 Å². The molecule has 1 aliphatic carbocycles. The molecule has 0 spiro atoms. The zero-order valence-electron chi connectivity index (χ0n) is 15.5. The monoisotopic (exact) mass is 432 g/mol. The lowest BCUT2D eigenvalue weighted by Crippen LogP contribution is -2.54. The SMILES string of the molecule is CS(=O)(=O)C1(C(=O)NC2CCN(Cc3ccc(Cl)c(Cl)c3)CC2)CCCC1. The summed E-state index contributed by atoms with van der Waals surface area (Å²) in [5.41, 5.74) is 1.11. The molecule has 1 aromatic rings. The highest BCUT2D eigenvalue weighted by atomic mass is 35.5. The molecule has 8 heteroatoms. The van der Waals surface area contributed by atoms with Gasteiger partial charge in [0.25, 0.3) is 0 Å². The molecule has 1 saturated carbocycles. The molecule has 2 fully saturated rings. The van der Waals surface area contributed by atoms with E-state index >= 15 is 0 Å². The molecule has 1 saturated heterocycles. The van der Waals surface area contributed by atoms with Gasteiger partial charge in [-0.1, -0.05) is 42.1 Å². The lowest BCUT2D eigenvalue weighted by atomic mass is 10.0. The van der Waals surface area contributed by atoms with E-state index in [1.54, 1.807) is 6.07 Å². The Labute approximate surface area is 171 Å². The van der Waals surface area contributed by atoms with Gasteiger partial charge in [0.15, 0.2) is 9.84 Å². The normalized spacial score (nSPS) is 21.3. The number of hydrogen-bond donors (Lipinski definition) is 1. The number of rotatable bonds is 5. The Morgan fingerprint density at radius 3 is 2.37 bits per heavy atom. The molecule has 5 nitrogen and oxygen atoms in total. The van der Waals surface area contributed by atoms with E-state index in [-0.39, 0.29) is 11.9 Å². The van der Waals surface area contributed by atoms with Crippen LogP contribution in [0.2, 0.25) is 10.0 Å². The minimum absolute atomic E-state index is 0.0294. The van der Waals surface area contributed by atoms with Crippen LogP contribution in [0.15, 0.2) is 18.2 Å². The van der Waals surface area contributed by atoms with Crippen molar-refractivity contribution >= 4 is 38.9 Å².